The molecule has 1 aliphatic heterocycles. The summed E-state index contributed by atoms with van der Waals surface area (Å²) in [4.78, 5) is 8.30. The molecule has 0 saturated carbocycles. The largest absolute Gasteiger partial charge is 0.253 e. The second-order valence-electron chi connectivity index (χ2n) is 2.36. The van der Waals surface area contributed by atoms with Crippen molar-refractivity contribution in [1.29, 1.82) is 0 Å². The van der Waals surface area contributed by atoms with E-state index >= 15 is 0 Å². The van der Waals surface area contributed by atoms with Gasteiger partial charge in [-0.1, -0.05) is 6.07 Å². The first-order valence-corrected chi connectivity index (χ1v) is 3.70. The Morgan fingerprint density at radius 3 is 2.92 bits per heavy atom. The summed E-state index contributed by atoms with van der Waals surface area (Å²) in [6.07, 6.45) is 9.99. The number of allylic oxidation sites excluding steroid dienone is 3. The van der Waals surface area contributed by atoms with E-state index in [1.165, 1.54) is 0 Å². The van der Waals surface area contributed by atoms with Crippen molar-refractivity contribution in [2.45, 2.75) is 0 Å². The molecule has 0 radical (unpaired) electrons. The zero-order valence-electron chi connectivity index (χ0n) is 6.44. The third-order valence-corrected chi connectivity index (χ3v) is 1.54. The predicted molar refractivity (Wildman–Crippen MR) is 47.7 cm³/mol. The molecule has 0 N–H and O–H groups in total. The van der Waals surface area contributed by atoms with E-state index in [-0.39, 0.29) is 0 Å². The summed E-state index contributed by atoms with van der Waals surface area (Å²) in [5.41, 5.74) is 1.78. The molecule has 0 bridgehead atoms. The number of hydrogen-bond acceptors (Lipinski definition) is 2. The first-order chi connectivity index (χ1) is 5.97. The molecule has 2 nitrogen and oxygen atoms in total. The first-order valence-electron chi connectivity index (χ1n) is 3.70. The van der Waals surface area contributed by atoms with E-state index < -0.39 is 0 Å². The zero-order chi connectivity index (χ0) is 8.23. The molecule has 0 atom stereocenters. The van der Waals surface area contributed by atoms with E-state index in [2.05, 4.69) is 16.1 Å². The molecular weight excluding hydrogens is 148 g/mol. The van der Waals surface area contributed by atoms with E-state index in [4.69, 9.17) is 0 Å². The van der Waals surface area contributed by atoms with Crippen molar-refractivity contribution < 1.29 is 0 Å². The Kier molecular flexibility index (Phi) is 1.77. The smallest absolute Gasteiger partial charge is 0.174 e. The van der Waals surface area contributed by atoms with Gasteiger partial charge in [0.05, 0.1) is 0 Å². The molecule has 0 fully saturated rings. The molecule has 0 aliphatic carbocycles. The summed E-state index contributed by atoms with van der Waals surface area (Å²) in [6, 6.07) is 5.77. The summed E-state index contributed by atoms with van der Waals surface area (Å²) in [5.74, 6) is 0. The van der Waals surface area contributed by atoms with E-state index in [1.54, 1.807) is 12.4 Å². The van der Waals surface area contributed by atoms with Gasteiger partial charge in [0.25, 0.3) is 0 Å². The predicted octanol–water partition coefficient (Wildman–Crippen LogP) is 1.76. The third-order valence-electron chi connectivity index (χ3n) is 1.54. The molecule has 0 spiro atoms. The molecule has 56 valence electrons. The topological polar surface area (TPSA) is 25.2 Å². The van der Waals surface area contributed by atoms with Crippen LogP contribution in [-0.4, -0.2) is 10.7 Å². The summed E-state index contributed by atoms with van der Waals surface area (Å²) in [7, 11) is 0. The highest BCUT2D eigenvalue weighted by Crippen LogP contribution is 2.01. The first kappa shape index (κ1) is 6.89. The van der Waals surface area contributed by atoms with Crippen LogP contribution in [0.2, 0.25) is 0 Å². The Morgan fingerprint density at radius 1 is 1.25 bits per heavy atom. The molecule has 0 unspecified atom stereocenters. The van der Waals surface area contributed by atoms with Gasteiger partial charge in [-0.3, -0.25) is 4.98 Å². The van der Waals surface area contributed by atoms with Crippen LogP contribution in [-0.2, 0) is 0 Å². The van der Waals surface area contributed by atoms with Crippen LogP contribution in [0.3, 0.4) is 0 Å². The van der Waals surface area contributed by atoms with Gasteiger partial charge in [0.2, 0.25) is 0 Å². The number of aliphatic imine (C=N–C) groups is 1. The molecule has 1 aliphatic rings. The van der Waals surface area contributed by atoms with Crippen LogP contribution in [0.5, 0.6) is 0 Å². The maximum atomic E-state index is 4.17. The van der Waals surface area contributed by atoms with Crippen molar-refractivity contribution in [2.75, 3.05) is 0 Å². The number of rotatable bonds is 1. The van der Waals surface area contributed by atoms with Crippen molar-refractivity contribution in [3.63, 3.8) is 0 Å². The molecule has 0 aromatic carbocycles. The molecule has 2 heterocycles. The van der Waals surface area contributed by atoms with Crippen LogP contribution in [0.4, 0.5) is 0 Å². The lowest BCUT2D eigenvalue weighted by Crippen LogP contribution is -1.99. The van der Waals surface area contributed by atoms with Crippen LogP contribution < -0.4 is 0 Å². The average molecular weight is 155 g/mol. The normalized spacial score (nSPS) is 13.8. The number of aromatic nitrogens is 1. The van der Waals surface area contributed by atoms with Crippen molar-refractivity contribution >= 4 is 5.71 Å². The molecule has 2 heteroatoms. The highest BCUT2D eigenvalue weighted by molar-refractivity contribution is 6.08. The lowest BCUT2D eigenvalue weighted by Gasteiger charge is -1.93. The van der Waals surface area contributed by atoms with Gasteiger partial charge < -0.3 is 0 Å². The second kappa shape index (κ2) is 3.07. The Morgan fingerprint density at radius 2 is 2.25 bits per heavy atom. The maximum absolute atomic E-state index is 4.17. The average Bonchev–Trinajstić information content (AvgIpc) is 2.21. The quantitative estimate of drug-likeness (QED) is 0.567. The molecular formula is C10H7N2+. The van der Waals surface area contributed by atoms with Gasteiger partial charge in [0.15, 0.2) is 18.0 Å². The van der Waals surface area contributed by atoms with Gasteiger partial charge in [-0.2, -0.15) is 0 Å². The minimum absolute atomic E-state index is 0.884. The maximum Gasteiger partial charge on any atom is 0.174 e. The van der Waals surface area contributed by atoms with Gasteiger partial charge in [-0.15, -0.1) is 0 Å². The standard InChI is InChI=1S/C10H7N2/c1-3-7-11-9(5-1)10-6-2-4-8-12-10/h1-3,5-8H/q+1. The lowest BCUT2D eigenvalue weighted by molar-refractivity contribution is 1.28. The molecule has 2 rings (SSSR count). The van der Waals surface area contributed by atoms with Crippen LogP contribution in [0, 0.1) is 6.08 Å². The molecule has 12 heavy (non-hydrogen) atoms. The Balaban J connectivity index is 2.38. The highest BCUT2D eigenvalue weighted by atomic mass is 14.8. The van der Waals surface area contributed by atoms with Crippen molar-refractivity contribution in [3.8, 4) is 0 Å². The molecule has 1 aromatic rings. The Labute approximate surface area is 71.0 Å². The van der Waals surface area contributed by atoms with E-state index in [0.717, 1.165) is 11.4 Å². The van der Waals surface area contributed by atoms with Gasteiger partial charge in [0.1, 0.15) is 17.8 Å². The van der Waals surface area contributed by atoms with E-state index in [9.17, 15) is 0 Å². The van der Waals surface area contributed by atoms with Crippen LogP contribution in [0.1, 0.15) is 5.69 Å². The van der Waals surface area contributed by atoms with Crippen LogP contribution in [0.15, 0.2) is 47.7 Å². The number of hydrogen-bond donors (Lipinski definition) is 0. The van der Waals surface area contributed by atoms with Gasteiger partial charge in [0, 0.05) is 6.20 Å². The van der Waals surface area contributed by atoms with Crippen molar-refractivity contribution in [1.82, 2.24) is 4.98 Å². The molecule has 1 aromatic heterocycles. The SMILES string of the molecule is [C+]1=CN=C(c2ccccn2)C=C1. The Hall–Kier alpha value is -1.79. The van der Waals surface area contributed by atoms with Gasteiger partial charge >= 0.3 is 0 Å². The Bertz CT molecular complexity index is 347. The lowest BCUT2D eigenvalue weighted by atomic mass is 10.2. The van der Waals surface area contributed by atoms with Crippen LogP contribution >= 0.6 is 0 Å². The van der Waals surface area contributed by atoms with Crippen LogP contribution in [0.25, 0.3) is 0 Å². The summed E-state index contributed by atoms with van der Waals surface area (Å²) >= 11 is 0. The third kappa shape index (κ3) is 1.29. The minimum Gasteiger partial charge on any atom is -0.253 e. The fraction of sp³-hybridized carbons (Fsp3) is 0. The zero-order valence-corrected chi connectivity index (χ0v) is 6.44. The van der Waals surface area contributed by atoms with Crippen molar-refractivity contribution in [2.24, 2.45) is 4.99 Å². The van der Waals surface area contributed by atoms with Crippen molar-refractivity contribution in [3.05, 3.63) is 54.5 Å². The van der Waals surface area contributed by atoms with Gasteiger partial charge in [-0.05, 0) is 12.1 Å². The monoisotopic (exact) mass is 155 g/mol. The number of nitrogens with zero attached hydrogens (tertiary/aromatic N) is 2. The van der Waals surface area contributed by atoms with Gasteiger partial charge in [-0.25, -0.2) is 4.99 Å². The van der Waals surface area contributed by atoms with E-state index in [1.807, 2.05) is 30.4 Å². The molecule has 0 amide bonds. The molecule has 0 saturated heterocycles. The fourth-order valence-corrected chi connectivity index (χ4v) is 0.986. The number of pyridine rings is 1. The minimum atomic E-state index is 0.884. The second-order valence-corrected chi connectivity index (χ2v) is 2.36. The fourth-order valence-electron chi connectivity index (χ4n) is 0.986. The summed E-state index contributed by atoms with van der Waals surface area (Å²) < 4.78 is 0. The highest BCUT2D eigenvalue weighted by Gasteiger charge is 2.06. The summed E-state index contributed by atoms with van der Waals surface area (Å²) in [6.45, 7) is 0. The van der Waals surface area contributed by atoms with E-state index in [0.29, 0.717) is 0 Å². The summed E-state index contributed by atoms with van der Waals surface area (Å²) in [5, 5.41) is 0.